The molecule has 5 nitrogen and oxygen atoms in total. The fourth-order valence-corrected chi connectivity index (χ4v) is 5.74. The zero-order valence-electron chi connectivity index (χ0n) is 21.2. The summed E-state index contributed by atoms with van der Waals surface area (Å²) in [6.07, 6.45) is 18.5. The van der Waals surface area contributed by atoms with E-state index in [2.05, 4.69) is 18.8 Å². The second-order valence-corrected chi connectivity index (χ2v) is 11.9. The van der Waals surface area contributed by atoms with Gasteiger partial charge in [0.15, 0.2) is 0 Å². The van der Waals surface area contributed by atoms with Gasteiger partial charge in [0.2, 0.25) is 5.91 Å². The Morgan fingerprint density at radius 1 is 0.774 bits per heavy atom. The number of amides is 1. The van der Waals surface area contributed by atoms with Crippen molar-refractivity contribution in [3.8, 4) is 0 Å². The molecule has 0 bridgehead atoms. The predicted molar refractivity (Wildman–Crippen MR) is 133 cm³/mol. The number of nitrogens with one attached hydrogen (secondary N) is 1. The maximum Gasteiger partial charge on any atom is 0.500 e. The molecule has 0 heterocycles. The highest BCUT2D eigenvalue weighted by atomic mass is 28.4. The van der Waals surface area contributed by atoms with Crippen LogP contribution in [0.5, 0.6) is 0 Å². The molecular formula is C25H51NO4Si. The van der Waals surface area contributed by atoms with Crippen LogP contribution in [0.3, 0.4) is 0 Å². The lowest BCUT2D eigenvalue weighted by Crippen LogP contribution is -2.42. The van der Waals surface area contributed by atoms with Crippen molar-refractivity contribution in [2.24, 2.45) is 0 Å². The highest BCUT2D eigenvalue weighted by molar-refractivity contribution is 6.60. The molecule has 0 fully saturated rings. The van der Waals surface area contributed by atoms with Crippen LogP contribution in [0.4, 0.5) is 0 Å². The van der Waals surface area contributed by atoms with Crippen LogP contribution in [0.25, 0.3) is 0 Å². The van der Waals surface area contributed by atoms with Crippen LogP contribution in [-0.4, -0.2) is 42.1 Å². The van der Waals surface area contributed by atoms with Gasteiger partial charge < -0.3 is 18.6 Å². The first-order chi connectivity index (χ1) is 14.9. The number of hydrogen-bond acceptors (Lipinski definition) is 4. The van der Waals surface area contributed by atoms with E-state index in [-0.39, 0.29) is 5.91 Å². The molecule has 0 aliphatic rings. The minimum atomic E-state index is -2.38. The summed E-state index contributed by atoms with van der Waals surface area (Å²) in [5, 5.41) is 3.18. The molecule has 1 atom stereocenters. The third-order valence-electron chi connectivity index (χ3n) is 6.10. The summed E-state index contributed by atoms with van der Waals surface area (Å²) in [5.41, 5.74) is 0.609. The van der Waals surface area contributed by atoms with E-state index in [1.165, 1.54) is 77.0 Å². The van der Waals surface area contributed by atoms with Crippen molar-refractivity contribution in [3.63, 3.8) is 0 Å². The van der Waals surface area contributed by atoms with E-state index in [1.54, 1.807) is 28.3 Å². The molecule has 31 heavy (non-hydrogen) atoms. The van der Waals surface area contributed by atoms with Crippen LogP contribution in [-0.2, 0) is 18.1 Å². The molecule has 0 aromatic heterocycles. The second-order valence-electron chi connectivity index (χ2n) is 8.82. The maximum atomic E-state index is 12.0. The van der Waals surface area contributed by atoms with Crippen LogP contribution in [0, 0.1) is 0 Å². The Hall–Kier alpha value is -0.693. The zero-order valence-corrected chi connectivity index (χ0v) is 22.2. The Morgan fingerprint density at radius 2 is 1.19 bits per heavy atom. The van der Waals surface area contributed by atoms with E-state index in [0.29, 0.717) is 11.6 Å². The van der Waals surface area contributed by atoms with E-state index < -0.39 is 8.80 Å². The van der Waals surface area contributed by atoms with E-state index >= 15 is 0 Å². The van der Waals surface area contributed by atoms with Gasteiger partial charge in [0.25, 0.3) is 0 Å². The van der Waals surface area contributed by atoms with Crippen molar-refractivity contribution < 1.29 is 18.1 Å². The lowest BCUT2D eigenvalue weighted by Gasteiger charge is -2.24. The topological polar surface area (TPSA) is 56.8 Å². The number of carbonyl (C=O) groups is 1. The third-order valence-corrected chi connectivity index (χ3v) is 8.93. The lowest BCUT2D eigenvalue weighted by molar-refractivity contribution is -0.118. The molecular weight excluding hydrogens is 406 g/mol. The van der Waals surface area contributed by atoms with Crippen molar-refractivity contribution in [3.05, 3.63) is 12.2 Å². The zero-order chi connectivity index (χ0) is 23.4. The van der Waals surface area contributed by atoms with Crippen LogP contribution in [0.1, 0.15) is 110 Å². The largest absolute Gasteiger partial charge is 0.500 e. The molecule has 0 saturated heterocycles. The molecule has 1 unspecified atom stereocenters. The number of carbonyl (C=O) groups excluding carboxylic acids is 1. The van der Waals surface area contributed by atoms with Crippen molar-refractivity contribution in [2.45, 2.75) is 122 Å². The van der Waals surface area contributed by atoms with Crippen LogP contribution < -0.4 is 5.32 Å². The Bertz CT molecular complexity index is 447. The normalized spacial score (nSPS) is 12.7. The summed E-state index contributed by atoms with van der Waals surface area (Å²) in [4.78, 5) is 12.0. The van der Waals surface area contributed by atoms with Gasteiger partial charge in [0, 0.05) is 39.0 Å². The van der Waals surface area contributed by atoms with E-state index in [4.69, 9.17) is 13.3 Å². The minimum absolute atomic E-state index is 0.0156. The molecule has 184 valence electrons. The van der Waals surface area contributed by atoms with Gasteiger partial charge in [-0.05, 0) is 26.2 Å². The van der Waals surface area contributed by atoms with Crippen molar-refractivity contribution >= 4 is 14.7 Å². The Balaban J connectivity index is 3.81. The third kappa shape index (κ3) is 15.7. The van der Waals surface area contributed by atoms with Crippen molar-refractivity contribution in [1.82, 2.24) is 5.32 Å². The van der Waals surface area contributed by atoms with Gasteiger partial charge in [-0.3, -0.25) is 4.79 Å². The minimum Gasteiger partial charge on any atom is -0.377 e. The second kappa shape index (κ2) is 20.0. The first kappa shape index (κ1) is 30.3. The molecule has 6 heteroatoms. The van der Waals surface area contributed by atoms with Crippen molar-refractivity contribution in [2.75, 3.05) is 21.3 Å². The molecule has 0 aliphatic heterocycles. The lowest BCUT2D eigenvalue weighted by atomic mass is 10.00. The van der Waals surface area contributed by atoms with Gasteiger partial charge in [-0.1, -0.05) is 90.6 Å². The van der Waals surface area contributed by atoms with Gasteiger partial charge in [0.05, 0.1) is 0 Å². The van der Waals surface area contributed by atoms with Gasteiger partial charge >= 0.3 is 8.80 Å². The fraction of sp³-hybridized carbons (Fsp3) is 0.880. The standard InChI is InChI=1S/C25H51NO4Si/c1-7-8-9-17-20-24(26-25(27)23(2)3)21-18-15-13-11-10-12-14-16-19-22-31(28-4,29-5)30-6/h24H,2,7-22H2,1,3-6H3,(H,26,27). The molecule has 0 radical (unpaired) electrons. The molecule has 0 aromatic rings. The molecule has 0 aromatic carbocycles. The smallest absolute Gasteiger partial charge is 0.377 e. The van der Waals surface area contributed by atoms with Gasteiger partial charge in [-0.25, -0.2) is 0 Å². The molecule has 1 amide bonds. The highest BCUT2D eigenvalue weighted by Gasteiger charge is 2.36. The SMILES string of the molecule is C=C(C)C(=O)NC(CCCCCC)CCCCCCCCCCC[Si](OC)(OC)OC. The average Bonchev–Trinajstić information content (AvgIpc) is 2.77. The molecule has 0 aliphatic carbocycles. The van der Waals surface area contributed by atoms with Crippen LogP contribution >= 0.6 is 0 Å². The Morgan fingerprint density at radius 3 is 1.61 bits per heavy atom. The summed E-state index contributed by atoms with van der Waals surface area (Å²) in [7, 11) is 2.67. The highest BCUT2D eigenvalue weighted by Crippen LogP contribution is 2.19. The molecule has 0 rings (SSSR count). The molecule has 1 N–H and O–H groups in total. The number of hydrogen-bond donors (Lipinski definition) is 1. The number of rotatable bonds is 22. The number of unbranched alkanes of at least 4 members (excludes halogenated alkanes) is 11. The predicted octanol–water partition coefficient (Wildman–Crippen LogP) is 6.80. The first-order valence-corrected chi connectivity index (χ1v) is 14.5. The average molecular weight is 458 g/mol. The van der Waals surface area contributed by atoms with Gasteiger partial charge in [0.1, 0.15) is 0 Å². The van der Waals surface area contributed by atoms with Crippen molar-refractivity contribution in [1.29, 1.82) is 0 Å². The van der Waals surface area contributed by atoms with E-state index in [1.807, 2.05) is 0 Å². The Labute approximate surface area is 194 Å². The quantitative estimate of drug-likeness (QED) is 0.110. The van der Waals surface area contributed by atoms with Gasteiger partial charge in [-0.2, -0.15) is 0 Å². The van der Waals surface area contributed by atoms with Gasteiger partial charge in [-0.15, -0.1) is 0 Å². The summed E-state index contributed by atoms with van der Waals surface area (Å²) >= 11 is 0. The van der Waals surface area contributed by atoms with E-state index in [9.17, 15) is 4.79 Å². The summed E-state index contributed by atoms with van der Waals surface area (Å²) in [6.45, 7) is 7.79. The van der Waals surface area contributed by atoms with Crippen LogP contribution in [0.15, 0.2) is 12.2 Å². The molecule has 0 spiro atoms. The fourth-order valence-electron chi connectivity index (χ4n) is 3.94. The van der Waals surface area contributed by atoms with Crippen LogP contribution in [0.2, 0.25) is 6.04 Å². The summed E-state index contributed by atoms with van der Waals surface area (Å²) < 4.78 is 16.4. The molecule has 0 saturated carbocycles. The summed E-state index contributed by atoms with van der Waals surface area (Å²) in [5.74, 6) is 0.0156. The Kier molecular flexibility index (Phi) is 19.5. The first-order valence-electron chi connectivity index (χ1n) is 12.6. The summed E-state index contributed by atoms with van der Waals surface area (Å²) in [6, 6.07) is 1.21. The monoisotopic (exact) mass is 457 g/mol. The van der Waals surface area contributed by atoms with E-state index in [0.717, 1.165) is 25.3 Å². The maximum absolute atomic E-state index is 12.0.